The molecule has 4 nitrogen and oxygen atoms in total. The van der Waals surface area contributed by atoms with Crippen LogP contribution in [0.5, 0.6) is 0 Å². The smallest absolute Gasteiger partial charge is 0.140 e. The van der Waals surface area contributed by atoms with Crippen molar-refractivity contribution in [1.82, 2.24) is 9.88 Å². The summed E-state index contributed by atoms with van der Waals surface area (Å²) in [6.45, 7) is 8.99. The van der Waals surface area contributed by atoms with Crippen molar-refractivity contribution >= 4 is 21.7 Å². The number of rotatable bonds is 4. The van der Waals surface area contributed by atoms with Crippen LogP contribution >= 0.6 is 15.9 Å². The minimum atomic E-state index is 0.243. The third-order valence-electron chi connectivity index (χ3n) is 3.25. The number of morpholine rings is 1. The van der Waals surface area contributed by atoms with Crippen LogP contribution in [0.3, 0.4) is 0 Å². The van der Waals surface area contributed by atoms with Crippen LogP contribution in [0.25, 0.3) is 0 Å². The fourth-order valence-electron chi connectivity index (χ4n) is 2.07. The number of hydrogen-bond donors (Lipinski definition) is 1. The second-order valence-electron chi connectivity index (χ2n) is 4.56. The van der Waals surface area contributed by atoms with Gasteiger partial charge < -0.3 is 10.1 Å². The van der Waals surface area contributed by atoms with Crippen molar-refractivity contribution in [3.63, 3.8) is 0 Å². The summed E-state index contributed by atoms with van der Waals surface area (Å²) in [7, 11) is 0. The molecule has 2 rings (SSSR count). The van der Waals surface area contributed by atoms with E-state index in [-0.39, 0.29) is 6.10 Å². The Hall–Kier alpha value is -0.650. The molecule has 1 atom stereocenters. The molecule has 1 N–H and O–H groups in total. The Labute approximate surface area is 117 Å². The fourth-order valence-corrected chi connectivity index (χ4v) is 2.44. The molecule has 1 aliphatic rings. The number of anilines is 1. The maximum Gasteiger partial charge on any atom is 0.140 e. The summed E-state index contributed by atoms with van der Waals surface area (Å²) in [5.74, 6) is 0.896. The Morgan fingerprint density at radius 1 is 1.61 bits per heavy atom. The summed E-state index contributed by atoms with van der Waals surface area (Å²) in [4.78, 5) is 6.75. The van der Waals surface area contributed by atoms with E-state index in [1.165, 1.54) is 5.56 Å². The predicted molar refractivity (Wildman–Crippen MR) is 77.0 cm³/mol. The fraction of sp³-hybridized carbons (Fsp3) is 0.615. The van der Waals surface area contributed by atoms with E-state index in [0.717, 1.165) is 43.1 Å². The lowest BCUT2D eigenvalue weighted by molar-refractivity contribution is -0.0192. The topological polar surface area (TPSA) is 37.4 Å². The largest absolute Gasteiger partial charge is 0.374 e. The number of pyridine rings is 1. The van der Waals surface area contributed by atoms with E-state index in [4.69, 9.17) is 4.74 Å². The molecule has 18 heavy (non-hydrogen) atoms. The van der Waals surface area contributed by atoms with Crippen molar-refractivity contribution in [3.8, 4) is 0 Å². The first-order valence-electron chi connectivity index (χ1n) is 6.39. The van der Waals surface area contributed by atoms with Gasteiger partial charge in [-0.25, -0.2) is 4.98 Å². The van der Waals surface area contributed by atoms with Gasteiger partial charge in [0.1, 0.15) is 5.82 Å². The van der Waals surface area contributed by atoms with Crippen LogP contribution in [0.1, 0.15) is 12.5 Å². The van der Waals surface area contributed by atoms with Crippen LogP contribution in [0.4, 0.5) is 5.82 Å². The van der Waals surface area contributed by atoms with Crippen LogP contribution in [0, 0.1) is 6.92 Å². The highest BCUT2D eigenvalue weighted by Crippen LogP contribution is 2.23. The third-order valence-corrected chi connectivity index (χ3v) is 4.25. The number of likely N-dealkylation sites (N-methyl/N-ethyl adjacent to an activating group) is 1. The molecule has 0 aromatic carbocycles. The van der Waals surface area contributed by atoms with Gasteiger partial charge in [0.25, 0.3) is 0 Å². The molecule has 1 fully saturated rings. The summed E-state index contributed by atoms with van der Waals surface area (Å²) < 4.78 is 6.79. The normalized spacial score (nSPS) is 20.9. The molecule has 0 bridgehead atoms. The number of aryl methyl sites for hydroxylation is 1. The van der Waals surface area contributed by atoms with Crippen LogP contribution < -0.4 is 5.32 Å². The molecule has 1 aliphatic heterocycles. The number of hydrogen-bond acceptors (Lipinski definition) is 4. The number of nitrogens with zero attached hydrogens (tertiary/aromatic N) is 2. The molecule has 0 spiro atoms. The Morgan fingerprint density at radius 2 is 2.44 bits per heavy atom. The first kappa shape index (κ1) is 13.8. The Bertz CT molecular complexity index is 400. The number of nitrogens with one attached hydrogen (secondary N) is 1. The second-order valence-corrected chi connectivity index (χ2v) is 5.35. The summed E-state index contributed by atoms with van der Waals surface area (Å²) in [5, 5.41) is 3.36. The number of aromatic nitrogens is 1. The van der Waals surface area contributed by atoms with E-state index in [9.17, 15) is 0 Å². The third kappa shape index (κ3) is 3.43. The molecule has 1 saturated heterocycles. The van der Waals surface area contributed by atoms with Gasteiger partial charge in [-0.3, -0.25) is 4.90 Å². The van der Waals surface area contributed by atoms with Gasteiger partial charge in [-0.1, -0.05) is 6.92 Å². The molecule has 5 heteroatoms. The minimum Gasteiger partial charge on any atom is -0.374 e. The molecule has 1 aromatic rings. The van der Waals surface area contributed by atoms with Gasteiger partial charge in [-0.2, -0.15) is 0 Å². The standard InChI is InChI=1S/C13H20BrN3O/c1-3-17-6-7-18-11(9-17)8-16-13-12(14)10(2)4-5-15-13/h4-5,11H,3,6-9H2,1-2H3,(H,15,16). The van der Waals surface area contributed by atoms with E-state index in [1.54, 1.807) is 0 Å². The molecular weight excluding hydrogens is 294 g/mol. The first-order valence-corrected chi connectivity index (χ1v) is 7.19. The molecule has 0 radical (unpaired) electrons. The van der Waals surface area contributed by atoms with Crippen molar-refractivity contribution in [1.29, 1.82) is 0 Å². The van der Waals surface area contributed by atoms with Crippen molar-refractivity contribution < 1.29 is 4.74 Å². The zero-order valence-corrected chi connectivity index (χ0v) is 12.5. The first-order chi connectivity index (χ1) is 8.70. The van der Waals surface area contributed by atoms with Gasteiger partial charge >= 0.3 is 0 Å². The Balaban J connectivity index is 1.89. The quantitative estimate of drug-likeness (QED) is 0.925. The average molecular weight is 314 g/mol. The molecular formula is C13H20BrN3O. The van der Waals surface area contributed by atoms with Gasteiger partial charge in [0.05, 0.1) is 17.2 Å². The van der Waals surface area contributed by atoms with Gasteiger partial charge in [-0.05, 0) is 41.0 Å². The number of halogens is 1. The minimum absolute atomic E-state index is 0.243. The summed E-state index contributed by atoms with van der Waals surface area (Å²) in [6, 6.07) is 1.99. The van der Waals surface area contributed by atoms with Gasteiger partial charge in [0, 0.05) is 25.8 Å². The predicted octanol–water partition coefficient (Wildman–Crippen LogP) is 2.29. The number of ether oxygens (including phenoxy) is 1. The molecule has 100 valence electrons. The highest BCUT2D eigenvalue weighted by molar-refractivity contribution is 9.10. The monoisotopic (exact) mass is 313 g/mol. The van der Waals surface area contributed by atoms with E-state index in [1.807, 2.05) is 12.3 Å². The van der Waals surface area contributed by atoms with E-state index in [0.29, 0.717) is 0 Å². The van der Waals surface area contributed by atoms with Gasteiger partial charge in [0.15, 0.2) is 0 Å². The van der Waals surface area contributed by atoms with Gasteiger partial charge in [0.2, 0.25) is 0 Å². The lowest BCUT2D eigenvalue weighted by atomic mass is 10.2. The Kier molecular flexibility index (Phi) is 4.97. The lowest BCUT2D eigenvalue weighted by Gasteiger charge is -2.32. The zero-order chi connectivity index (χ0) is 13.0. The van der Waals surface area contributed by atoms with Crippen LogP contribution in [0.2, 0.25) is 0 Å². The highest BCUT2D eigenvalue weighted by atomic mass is 79.9. The van der Waals surface area contributed by atoms with Crippen LogP contribution in [-0.2, 0) is 4.74 Å². The van der Waals surface area contributed by atoms with E-state index < -0.39 is 0 Å². The van der Waals surface area contributed by atoms with Crippen LogP contribution in [0.15, 0.2) is 16.7 Å². The molecule has 0 amide bonds. The molecule has 0 aliphatic carbocycles. The van der Waals surface area contributed by atoms with E-state index >= 15 is 0 Å². The zero-order valence-electron chi connectivity index (χ0n) is 10.9. The SMILES string of the molecule is CCN1CCOC(CNc2nccc(C)c2Br)C1. The molecule has 1 unspecified atom stereocenters. The van der Waals surface area contributed by atoms with Crippen molar-refractivity contribution in [2.45, 2.75) is 20.0 Å². The summed E-state index contributed by atoms with van der Waals surface area (Å²) in [5.41, 5.74) is 1.19. The maximum absolute atomic E-state index is 5.75. The second kappa shape index (κ2) is 6.50. The van der Waals surface area contributed by atoms with Gasteiger partial charge in [-0.15, -0.1) is 0 Å². The molecule has 2 heterocycles. The average Bonchev–Trinajstić information content (AvgIpc) is 2.41. The van der Waals surface area contributed by atoms with Crippen LogP contribution in [-0.4, -0.2) is 48.8 Å². The molecule has 1 aromatic heterocycles. The van der Waals surface area contributed by atoms with Crippen molar-refractivity contribution in [2.24, 2.45) is 0 Å². The summed E-state index contributed by atoms with van der Waals surface area (Å²) in [6.07, 6.45) is 2.07. The highest BCUT2D eigenvalue weighted by Gasteiger charge is 2.19. The lowest BCUT2D eigenvalue weighted by Crippen LogP contribution is -2.45. The Morgan fingerprint density at radius 3 is 3.22 bits per heavy atom. The summed E-state index contributed by atoms with van der Waals surface area (Å²) >= 11 is 3.55. The maximum atomic E-state index is 5.75. The molecule has 0 saturated carbocycles. The van der Waals surface area contributed by atoms with E-state index in [2.05, 4.69) is 45.0 Å². The van der Waals surface area contributed by atoms with Crippen molar-refractivity contribution in [3.05, 3.63) is 22.3 Å². The van der Waals surface area contributed by atoms with Crippen molar-refractivity contribution in [2.75, 3.05) is 38.1 Å².